The molecule has 60 valence electrons. The van der Waals surface area contributed by atoms with Crippen molar-refractivity contribution in [2.45, 2.75) is 19.8 Å². The van der Waals surface area contributed by atoms with Gasteiger partial charge in [0.15, 0.2) is 0 Å². The van der Waals surface area contributed by atoms with E-state index in [1.165, 1.54) is 5.56 Å². The first-order valence-corrected chi connectivity index (χ1v) is 4.50. The number of phenolic OH excluding ortho intramolecular Hbond substituents is 1. The van der Waals surface area contributed by atoms with Gasteiger partial charge in [0.05, 0.1) is 4.47 Å². The normalized spacial score (nSPS) is 10.0. The van der Waals surface area contributed by atoms with Crippen LogP contribution in [0.4, 0.5) is 0 Å². The van der Waals surface area contributed by atoms with E-state index in [1.54, 1.807) is 6.07 Å². The summed E-state index contributed by atoms with van der Waals surface area (Å²) < 4.78 is 0.761. The van der Waals surface area contributed by atoms with Crippen molar-refractivity contribution in [2.24, 2.45) is 0 Å². The first kappa shape index (κ1) is 8.60. The lowest BCUT2D eigenvalue weighted by Gasteiger charge is -2.00. The van der Waals surface area contributed by atoms with Crippen LogP contribution in [-0.2, 0) is 6.42 Å². The lowest BCUT2D eigenvalue weighted by molar-refractivity contribution is 0.471. The van der Waals surface area contributed by atoms with Gasteiger partial charge < -0.3 is 5.11 Å². The Balaban J connectivity index is 2.86. The molecule has 0 aliphatic heterocycles. The maximum Gasteiger partial charge on any atom is 0.130 e. The number of rotatable bonds is 2. The van der Waals surface area contributed by atoms with E-state index in [1.807, 2.05) is 12.1 Å². The van der Waals surface area contributed by atoms with Crippen LogP contribution in [0.3, 0.4) is 0 Å². The molecule has 0 atom stereocenters. The maximum atomic E-state index is 9.28. The number of hydrogen-bond donors (Lipinski definition) is 1. The van der Waals surface area contributed by atoms with Gasteiger partial charge >= 0.3 is 0 Å². The Hall–Kier alpha value is -0.500. The molecular formula is C9H11BrO. The molecule has 0 radical (unpaired) electrons. The molecule has 0 saturated carbocycles. The molecule has 0 heterocycles. The van der Waals surface area contributed by atoms with Crippen molar-refractivity contribution in [3.8, 4) is 5.75 Å². The topological polar surface area (TPSA) is 20.2 Å². The fraction of sp³-hybridized carbons (Fsp3) is 0.333. The van der Waals surface area contributed by atoms with E-state index in [0.717, 1.165) is 17.3 Å². The summed E-state index contributed by atoms with van der Waals surface area (Å²) in [6, 6.07) is 5.70. The molecule has 0 aromatic heterocycles. The van der Waals surface area contributed by atoms with Gasteiger partial charge in [-0.2, -0.15) is 0 Å². The second-order valence-corrected chi connectivity index (χ2v) is 3.39. The predicted molar refractivity (Wildman–Crippen MR) is 49.8 cm³/mol. The van der Waals surface area contributed by atoms with Crippen LogP contribution in [0, 0.1) is 0 Å². The highest BCUT2D eigenvalue weighted by molar-refractivity contribution is 9.10. The van der Waals surface area contributed by atoms with E-state index in [4.69, 9.17) is 0 Å². The molecule has 0 amide bonds. The second-order valence-electron chi connectivity index (χ2n) is 2.54. The highest BCUT2D eigenvalue weighted by atomic mass is 79.9. The largest absolute Gasteiger partial charge is 0.507 e. The summed E-state index contributed by atoms with van der Waals surface area (Å²) in [5.74, 6) is 0.330. The van der Waals surface area contributed by atoms with Crippen LogP contribution in [0.1, 0.15) is 18.9 Å². The van der Waals surface area contributed by atoms with Gasteiger partial charge in [-0.3, -0.25) is 0 Å². The maximum absolute atomic E-state index is 9.28. The smallest absolute Gasteiger partial charge is 0.130 e. The van der Waals surface area contributed by atoms with Crippen molar-refractivity contribution < 1.29 is 5.11 Å². The number of benzene rings is 1. The highest BCUT2D eigenvalue weighted by Gasteiger charge is 1.97. The number of aromatic hydroxyl groups is 1. The zero-order valence-corrected chi connectivity index (χ0v) is 8.06. The third-order valence-electron chi connectivity index (χ3n) is 1.55. The van der Waals surface area contributed by atoms with E-state index < -0.39 is 0 Å². The van der Waals surface area contributed by atoms with Crippen molar-refractivity contribution in [3.63, 3.8) is 0 Å². The summed E-state index contributed by atoms with van der Waals surface area (Å²) in [6.45, 7) is 2.12. The van der Waals surface area contributed by atoms with Crippen molar-refractivity contribution in [2.75, 3.05) is 0 Å². The van der Waals surface area contributed by atoms with Crippen LogP contribution in [0.5, 0.6) is 5.75 Å². The monoisotopic (exact) mass is 214 g/mol. The fourth-order valence-corrected chi connectivity index (χ4v) is 1.25. The molecule has 1 aromatic carbocycles. The molecule has 2 heteroatoms. The lowest BCUT2D eigenvalue weighted by Crippen LogP contribution is -1.81. The molecule has 1 nitrogen and oxygen atoms in total. The Morgan fingerprint density at radius 2 is 2.18 bits per heavy atom. The number of aryl methyl sites for hydroxylation is 1. The average molecular weight is 215 g/mol. The van der Waals surface area contributed by atoms with Gasteiger partial charge in [0.1, 0.15) is 5.75 Å². The van der Waals surface area contributed by atoms with Crippen LogP contribution >= 0.6 is 15.9 Å². The van der Waals surface area contributed by atoms with Crippen LogP contribution in [0.15, 0.2) is 22.7 Å². The fourth-order valence-electron chi connectivity index (χ4n) is 1.00. The van der Waals surface area contributed by atoms with E-state index >= 15 is 0 Å². The summed E-state index contributed by atoms with van der Waals surface area (Å²) in [4.78, 5) is 0. The first-order chi connectivity index (χ1) is 5.24. The molecule has 0 fully saturated rings. The number of phenols is 1. The Morgan fingerprint density at radius 1 is 1.45 bits per heavy atom. The standard InChI is InChI=1S/C9H11BrO/c1-2-3-7-4-5-8(10)9(11)6-7/h4-6,11H,2-3H2,1H3. The Morgan fingerprint density at radius 3 is 2.73 bits per heavy atom. The molecule has 0 aliphatic rings. The van der Waals surface area contributed by atoms with Crippen LogP contribution in [0.25, 0.3) is 0 Å². The summed E-state index contributed by atoms with van der Waals surface area (Å²) in [6.07, 6.45) is 2.14. The minimum Gasteiger partial charge on any atom is -0.507 e. The van der Waals surface area contributed by atoms with Crippen molar-refractivity contribution >= 4 is 15.9 Å². The zero-order chi connectivity index (χ0) is 8.27. The number of hydrogen-bond acceptors (Lipinski definition) is 1. The summed E-state index contributed by atoms with van der Waals surface area (Å²) in [5, 5.41) is 9.28. The van der Waals surface area contributed by atoms with Gasteiger partial charge in [0, 0.05) is 0 Å². The van der Waals surface area contributed by atoms with Gasteiger partial charge in [-0.25, -0.2) is 0 Å². The van der Waals surface area contributed by atoms with Crippen LogP contribution in [0.2, 0.25) is 0 Å². The molecule has 0 bridgehead atoms. The van der Waals surface area contributed by atoms with E-state index in [9.17, 15) is 5.11 Å². The molecule has 0 spiro atoms. The SMILES string of the molecule is CCCc1ccc(Br)c(O)c1. The van der Waals surface area contributed by atoms with E-state index in [2.05, 4.69) is 22.9 Å². The highest BCUT2D eigenvalue weighted by Crippen LogP contribution is 2.24. The quantitative estimate of drug-likeness (QED) is 0.803. The van der Waals surface area contributed by atoms with Crippen molar-refractivity contribution in [1.82, 2.24) is 0 Å². The Bertz CT molecular complexity index is 245. The van der Waals surface area contributed by atoms with Gasteiger partial charge in [-0.05, 0) is 40.0 Å². The Labute approximate surface area is 75.2 Å². The predicted octanol–water partition coefficient (Wildman–Crippen LogP) is 3.11. The molecule has 0 aliphatic carbocycles. The van der Waals surface area contributed by atoms with E-state index in [0.29, 0.717) is 5.75 Å². The van der Waals surface area contributed by atoms with E-state index in [-0.39, 0.29) is 0 Å². The molecular weight excluding hydrogens is 204 g/mol. The van der Waals surface area contributed by atoms with Crippen molar-refractivity contribution in [3.05, 3.63) is 28.2 Å². The third-order valence-corrected chi connectivity index (χ3v) is 2.22. The van der Waals surface area contributed by atoms with Crippen LogP contribution in [-0.4, -0.2) is 5.11 Å². The molecule has 11 heavy (non-hydrogen) atoms. The molecule has 1 N–H and O–H groups in total. The zero-order valence-electron chi connectivity index (χ0n) is 6.47. The Kier molecular flexibility index (Phi) is 2.94. The minimum atomic E-state index is 0.330. The number of halogens is 1. The molecule has 1 aromatic rings. The summed E-state index contributed by atoms with van der Waals surface area (Å²) in [5.41, 5.74) is 1.19. The van der Waals surface area contributed by atoms with Crippen molar-refractivity contribution in [1.29, 1.82) is 0 Å². The molecule has 1 rings (SSSR count). The second kappa shape index (κ2) is 3.77. The molecule has 0 unspecified atom stereocenters. The van der Waals surface area contributed by atoms with Crippen LogP contribution < -0.4 is 0 Å². The summed E-state index contributed by atoms with van der Waals surface area (Å²) in [7, 11) is 0. The summed E-state index contributed by atoms with van der Waals surface area (Å²) >= 11 is 3.23. The van der Waals surface area contributed by atoms with Gasteiger partial charge in [-0.15, -0.1) is 0 Å². The van der Waals surface area contributed by atoms with Gasteiger partial charge in [0.25, 0.3) is 0 Å². The third kappa shape index (κ3) is 2.22. The minimum absolute atomic E-state index is 0.330. The van der Waals surface area contributed by atoms with Gasteiger partial charge in [-0.1, -0.05) is 19.4 Å². The lowest BCUT2D eigenvalue weighted by atomic mass is 10.1. The first-order valence-electron chi connectivity index (χ1n) is 3.71. The molecule has 0 saturated heterocycles. The average Bonchev–Trinajstić information content (AvgIpc) is 1.98. The van der Waals surface area contributed by atoms with Gasteiger partial charge in [0.2, 0.25) is 0 Å².